The van der Waals surface area contributed by atoms with E-state index in [1.54, 1.807) is 48.7 Å². The average molecular weight is 483 g/mol. The van der Waals surface area contributed by atoms with Crippen LogP contribution in [-0.2, 0) is 0 Å². The van der Waals surface area contributed by atoms with Crippen LogP contribution < -0.4 is 16.0 Å². The molecule has 0 spiro atoms. The first-order valence-corrected chi connectivity index (χ1v) is 9.21. The number of amides is 1. The van der Waals surface area contributed by atoms with Gasteiger partial charge >= 0.3 is 0 Å². The summed E-state index contributed by atoms with van der Waals surface area (Å²) in [5.41, 5.74) is 0.402. The number of benzene rings is 1. The molecule has 0 unspecified atom stereocenters. The number of aromatic nitrogens is 1. The minimum atomic E-state index is -1.84. The van der Waals surface area contributed by atoms with Crippen LogP contribution in [0.5, 0.6) is 0 Å². The van der Waals surface area contributed by atoms with Gasteiger partial charge in [-0.3, -0.25) is 4.79 Å². The highest BCUT2D eigenvalue weighted by molar-refractivity contribution is 9.10. The predicted octanol–water partition coefficient (Wildman–Crippen LogP) is 4.26. The van der Waals surface area contributed by atoms with Crippen molar-refractivity contribution in [2.45, 2.75) is 9.96 Å². The summed E-state index contributed by atoms with van der Waals surface area (Å²) in [5.74, 6) is 0.0899. The van der Waals surface area contributed by atoms with Crippen molar-refractivity contribution >= 4 is 79.8 Å². The van der Waals surface area contributed by atoms with Crippen molar-refractivity contribution in [2.75, 3.05) is 5.32 Å². The van der Waals surface area contributed by atoms with Crippen molar-refractivity contribution in [3.63, 3.8) is 0 Å². The number of alkyl halides is 3. The molecule has 0 aliphatic carbocycles. The molecule has 5 nitrogen and oxygen atoms in total. The van der Waals surface area contributed by atoms with E-state index in [0.717, 1.165) is 4.47 Å². The van der Waals surface area contributed by atoms with Crippen molar-refractivity contribution < 1.29 is 4.79 Å². The minimum absolute atomic E-state index is 0.143. The summed E-state index contributed by atoms with van der Waals surface area (Å²) in [6.45, 7) is 0. The van der Waals surface area contributed by atoms with E-state index >= 15 is 0 Å². The van der Waals surface area contributed by atoms with Crippen LogP contribution in [0.1, 0.15) is 10.4 Å². The fraction of sp³-hybridized carbons (Fsp3) is 0.133. The van der Waals surface area contributed by atoms with Gasteiger partial charge in [0.05, 0.1) is 0 Å². The molecule has 0 aliphatic rings. The highest BCUT2D eigenvalue weighted by Crippen LogP contribution is 2.29. The Morgan fingerprint density at radius 1 is 1.16 bits per heavy atom. The van der Waals surface area contributed by atoms with Crippen molar-refractivity contribution in [2.24, 2.45) is 0 Å². The lowest BCUT2D eigenvalue weighted by atomic mass is 10.2. The molecule has 0 saturated carbocycles. The predicted molar refractivity (Wildman–Crippen MR) is 109 cm³/mol. The zero-order valence-electron chi connectivity index (χ0n) is 12.5. The van der Waals surface area contributed by atoms with Crippen LogP contribution in [-0.4, -0.2) is 26.0 Å². The zero-order chi connectivity index (χ0) is 18.4. The second-order valence-electron chi connectivity index (χ2n) is 4.77. The van der Waals surface area contributed by atoms with Gasteiger partial charge in [-0.1, -0.05) is 62.9 Å². The Hall–Kier alpha value is -1.12. The molecule has 1 aromatic heterocycles. The van der Waals surface area contributed by atoms with Gasteiger partial charge in [0.15, 0.2) is 5.11 Å². The fourth-order valence-electron chi connectivity index (χ4n) is 1.76. The standard InChI is InChI=1S/C15H12BrCl3N4OS/c16-10-5-3-4-9(8-10)12(24)22-13(15(17,18)19)23-14(25)21-11-6-1-2-7-20-11/h1-8,13H,(H,22,24)(H2,20,21,23,25)/t13-/m0/s1. The molecule has 3 N–H and O–H groups in total. The molecular weight excluding hydrogens is 471 g/mol. The van der Waals surface area contributed by atoms with Crippen molar-refractivity contribution in [1.29, 1.82) is 0 Å². The van der Waals surface area contributed by atoms with E-state index < -0.39 is 15.9 Å². The zero-order valence-corrected chi connectivity index (χ0v) is 17.1. The topological polar surface area (TPSA) is 66.1 Å². The summed E-state index contributed by atoms with van der Waals surface area (Å²) in [4.78, 5) is 16.4. The molecule has 1 amide bonds. The quantitative estimate of drug-likeness (QED) is 0.345. The number of rotatable bonds is 4. The average Bonchev–Trinajstić information content (AvgIpc) is 2.54. The summed E-state index contributed by atoms with van der Waals surface area (Å²) in [6.07, 6.45) is 0.541. The van der Waals surface area contributed by atoms with Gasteiger partial charge in [0.1, 0.15) is 12.0 Å². The maximum Gasteiger partial charge on any atom is 0.253 e. The third-order valence-electron chi connectivity index (χ3n) is 2.87. The highest BCUT2D eigenvalue weighted by atomic mass is 79.9. The molecule has 0 bridgehead atoms. The Bertz CT molecular complexity index is 758. The van der Waals surface area contributed by atoms with Gasteiger partial charge in [0.2, 0.25) is 3.79 Å². The van der Waals surface area contributed by atoms with Crippen LogP contribution >= 0.6 is 63.0 Å². The number of nitrogens with one attached hydrogen (secondary N) is 3. The molecular formula is C15H12BrCl3N4OS. The molecule has 2 rings (SSSR count). The molecule has 1 aromatic carbocycles. The number of halogens is 4. The Balaban J connectivity index is 2.06. The summed E-state index contributed by atoms with van der Waals surface area (Å²) in [7, 11) is 0. The normalized spacial score (nSPS) is 12.2. The molecule has 10 heteroatoms. The number of carbonyl (C=O) groups is 1. The Kier molecular flexibility index (Phi) is 7.27. The molecule has 25 heavy (non-hydrogen) atoms. The number of hydrogen-bond donors (Lipinski definition) is 3. The van der Waals surface area contributed by atoms with E-state index in [-0.39, 0.29) is 5.11 Å². The maximum atomic E-state index is 12.4. The van der Waals surface area contributed by atoms with Crippen LogP contribution in [0.2, 0.25) is 0 Å². The molecule has 0 radical (unpaired) electrons. The molecule has 132 valence electrons. The lowest BCUT2D eigenvalue weighted by Gasteiger charge is -2.27. The first-order chi connectivity index (χ1) is 11.8. The molecule has 2 aromatic rings. The van der Waals surface area contributed by atoms with Gasteiger partial charge in [-0.15, -0.1) is 0 Å². The first kappa shape index (κ1) is 20.2. The molecule has 1 heterocycles. The second kappa shape index (κ2) is 9.00. The Labute approximate surface area is 173 Å². The Morgan fingerprint density at radius 2 is 1.92 bits per heavy atom. The fourth-order valence-corrected chi connectivity index (χ4v) is 2.71. The smallest absolute Gasteiger partial charge is 0.253 e. The van der Waals surface area contributed by atoms with Crippen molar-refractivity contribution in [1.82, 2.24) is 15.6 Å². The maximum absolute atomic E-state index is 12.4. The SMILES string of the molecule is O=C(N[C@@H](NC(=S)Nc1ccccn1)C(Cl)(Cl)Cl)c1cccc(Br)c1. The third kappa shape index (κ3) is 6.60. The number of nitrogens with zero attached hydrogens (tertiary/aromatic N) is 1. The molecule has 0 saturated heterocycles. The van der Waals surface area contributed by atoms with Crippen LogP contribution in [0.4, 0.5) is 5.82 Å². The van der Waals surface area contributed by atoms with Crippen LogP contribution in [0.15, 0.2) is 53.1 Å². The Morgan fingerprint density at radius 3 is 2.52 bits per heavy atom. The van der Waals surface area contributed by atoms with E-state index in [9.17, 15) is 4.79 Å². The second-order valence-corrected chi connectivity index (χ2v) is 8.46. The van der Waals surface area contributed by atoms with Crippen molar-refractivity contribution in [3.8, 4) is 0 Å². The molecule has 0 fully saturated rings. The van der Waals surface area contributed by atoms with Crippen LogP contribution in [0.3, 0.4) is 0 Å². The lowest BCUT2D eigenvalue weighted by Crippen LogP contribution is -2.56. The van der Waals surface area contributed by atoms with E-state index in [1.165, 1.54) is 0 Å². The molecule has 0 aliphatic heterocycles. The van der Waals surface area contributed by atoms with E-state index in [4.69, 9.17) is 47.0 Å². The van der Waals surface area contributed by atoms with Crippen LogP contribution in [0, 0.1) is 0 Å². The summed E-state index contributed by atoms with van der Waals surface area (Å²) >= 11 is 26.3. The minimum Gasteiger partial charge on any atom is -0.339 e. The highest BCUT2D eigenvalue weighted by Gasteiger charge is 2.35. The van der Waals surface area contributed by atoms with Crippen molar-refractivity contribution in [3.05, 3.63) is 58.7 Å². The lowest BCUT2D eigenvalue weighted by molar-refractivity contribution is 0.0934. The number of hydrogen-bond acceptors (Lipinski definition) is 3. The van der Waals surface area contributed by atoms with Gasteiger partial charge in [0.25, 0.3) is 5.91 Å². The van der Waals surface area contributed by atoms with Gasteiger partial charge in [0, 0.05) is 16.2 Å². The number of thiocarbonyl (C=S) groups is 1. The largest absolute Gasteiger partial charge is 0.339 e. The van der Waals surface area contributed by atoms with Gasteiger partial charge < -0.3 is 16.0 Å². The number of pyridine rings is 1. The van der Waals surface area contributed by atoms with E-state index in [1.807, 2.05) is 0 Å². The number of carbonyl (C=O) groups excluding carboxylic acids is 1. The monoisotopic (exact) mass is 480 g/mol. The van der Waals surface area contributed by atoms with Gasteiger partial charge in [-0.2, -0.15) is 0 Å². The van der Waals surface area contributed by atoms with Gasteiger partial charge in [-0.05, 0) is 42.5 Å². The summed E-state index contributed by atoms with van der Waals surface area (Å²) in [5, 5.41) is 8.35. The third-order valence-corrected chi connectivity index (χ3v) is 4.24. The van der Waals surface area contributed by atoms with E-state index in [2.05, 4.69) is 36.9 Å². The van der Waals surface area contributed by atoms with Gasteiger partial charge in [-0.25, -0.2) is 4.98 Å². The number of anilines is 1. The molecule has 1 atom stereocenters. The van der Waals surface area contributed by atoms with E-state index in [0.29, 0.717) is 11.4 Å². The van der Waals surface area contributed by atoms with Crippen LogP contribution in [0.25, 0.3) is 0 Å². The summed E-state index contributed by atoms with van der Waals surface area (Å²) in [6, 6.07) is 12.1. The summed E-state index contributed by atoms with van der Waals surface area (Å²) < 4.78 is -1.08. The first-order valence-electron chi connectivity index (χ1n) is 6.87.